The molecule has 0 atom stereocenters. The van der Waals surface area contributed by atoms with Crippen LogP contribution < -0.4 is 20.2 Å². The maximum atomic E-state index is 12.9. The summed E-state index contributed by atoms with van der Waals surface area (Å²) in [5.74, 6) is 0.375. The Hall–Kier alpha value is -4.09. The molecule has 3 aromatic carbocycles. The molecule has 0 spiro atoms. The normalized spacial score (nSPS) is 11.4. The third kappa shape index (κ3) is 7.95. The predicted octanol–water partition coefficient (Wildman–Crippen LogP) is 6.84. The maximum Gasteiger partial charge on any atom is 0.416 e. The fraction of sp³-hybridized carbons (Fsp3) is 0.148. The smallest absolute Gasteiger partial charge is 0.416 e. The number of hydrogen-bond donors (Lipinski definition) is 2. The van der Waals surface area contributed by atoms with Gasteiger partial charge in [-0.25, -0.2) is 10.4 Å². The summed E-state index contributed by atoms with van der Waals surface area (Å²) in [5, 5.41) is 9.10. The molecule has 7 nitrogen and oxygen atoms in total. The minimum atomic E-state index is -4.45. The van der Waals surface area contributed by atoms with E-state index in [0.29, 0.717) is 39.5 Å². The lowest BCUT2D eigenvalue weighted by Gasteiger charge is -2.13. The van der Waals surface area contributed by atoms with Crippen LogP contribution in [0.1, 0.15) is 22.4 Å². The van der Waals surface area contributed by atoms with Crippen LogP contribution in [0.25, 0.3) is 0 Å². The van der Waals surface area contributed by atoms with Gasteiger partial charge in [0.15, 0.2) is 16.6 Å². The molecule has 1 heterocycles. The first-order chi connectivity index (χ1) is 18.7. The molecule has 12 heteroatoms. The number of anilines is 2. The molecule has 4 aromatic rings. The lowest BCUT2D eigenvalue weighted by atomic mass is 10.2. The van der Waals surface area contributed by atoms with Crippen LogP contribution in [-0.2, 0) is 24.0 Å². The van der Waals surface area contributed by atoms with Crippen LogP contribution in [-0.4, -0.2) is 24.2 Å². The van der Waals surface area contributed by atoms with Crippen molar-refractivity contribution < 1.29 is 27.4 Å². The minimum absolute atomic E-state index is 0.0749. The third-order valence-electron chi connectivity index (χ3n) is 5.22. The SMILES string of the molecule is COc1cc(/C=N\NC(=O)Cc2csc(Nc3cccc(C(F)(F)F)c3)n2)cc(Cl)c1OCc1ccccc1. The second-order valence-corrected chi connectivity index (χ2v) is 9.39. The topological polar surface area (TPSA) is 84.8 Å². The average Bonchev–Trinajstić information content (AvgIpc) is 3.34. The van der Waals surface area contributed by atoms with Gasteiger partial charge in [-0.05, 0) is 41.5 Å². The van der Waals surface area contributed by atoms with Crippen molar-refractivity contribution >= 4 is 45.9 Å². The number of carbonyl (C=O) groups excluding carboxylic acids is 1. The summed E-state index contributed by atoms with van der Waals surface area (Å²) < 4.78 is 50.0. The number of ether oxygens (including phenoxy) is 2. The molecule has 0 bridgehead atoms. The van der Waals surface area contributed by atoms with Gasteiger partial charge < -0.3 is 14.8 Å². The Labute approximate surface area is 231 Å². The minimum Gasteiger partial charge on any atom is -0.493 e. The Morgan fingerprint density at radius 1 is 1.13 bits per heavy atom. The van der Waals surface area contributed by atoms with E-state index in [-0.39, 0.29) is 12.1 Å². The number of carbonyl (C=O) groups is 1. The Balaban J connectivity index is 1.32. The summed E-state index contributed by atoms with van der Waals surface area (Å²) in [6.45, 7) is 0.314. The van der Waals surface area contributed by atoms with Crippen molar-refractivity contribution in [3.8, 4) is 11.5 Å². The fourth-order valence-electron chi connectivity index (χ4n) is 3.41. The molecule has 2 N–H and O–H groups in total. The number of methoxy groups -OCH3 is 1. The molecule has 0 aliphatic rings. The van der Waals surface area contributed by atoms with Crippen LogP contribution in [0.3, 0.4) is 0 Å². The number of alkyl halides is 3. The second-order valence-electron chi connectivity index (χ2n) is 8.13. The number of rotatable bonds is 10. The number of aromatic nitrogens is 1. The van der Waals surface area contributed by atoms with Crippen molar-refractivity contribution in [1.82, 2.24) is 10.4 Å². The highest BCUT2D eigenvalue weighted by molar-refractivity contribution is 7.13. The largest absolute Gasteiger partial charge is 0.493 e. The molecule has 0 radical (unpaired) electrons. The van der Waals surface area contributed by atoms with Gasteiger partial charge in [0.05, 0.1) is 36.0 Å². The molecule has 0 aliphatic heterocycles. The number of hydrazone groups is 1. The standard InChI is InChI=1S/C27H22ClF3N4O3S/c1-37-23-11-18(10-22(28)25(23)38-15-17-6-3-2-4-7-17)14-32-35-24(36)13-21-16-39-26(34-21)33-20-9-5-8-19(12-20)27(29,30)31/h2-12,14,16H,13,15H2,1H3,(H,33,34)(H,35,36)/b32-14-. The molecule has 1 amide bonds. The highest BCUT2D eigenvalue weighted by atomic mass is 35.5. The van der Waals surface area contributed by atoms with Crippen LogP contribution in [0.5, 0.6) is 11.5 Å². The first kappa shape index (κ1) is 27.9. The predicted molar refractivity (Wildman–Crippen MR) is 145 cm³/mol. The monoisotopic (exact) mass is 574 g/mol. The summed E-state index contributed by atoms with van der Waals surface area (Å²) in [6.07, 6.45) is -3.11. The lowest BCUT2D eigenvalue weighted by Crippen LogP contribution is -2.19. The molecule has 1 aromatic heterocycles. The third-order valence-corrected chi connectivity index (χ3v) is 6.30. The van der Waals surface area contributed by atoms with Gasteiger partial charge in [-0.2, -0.15) is 18.3 Å². The van der Waals surface area contributed by atoms with Gasteiger partial charge in [0.2, 0.25) is 5.91 Å². The number of amides is 1. The molecule has 0 unspecified atom stereocenters. The van der Waals surface area contributed by atoms with Crippen molar-refractivity contribution in [3.05, 3.63) is 99.5 Å². The fourth-order valence-corrected chi connectivity index (χ4v) is 4.41. The number of hydrogen-bond acceptors (Lipinski definition) is 7. The number of nitrogens with zero attached hydrogens (tertiary/aromatic N) is 2. The Kier molecular flexibility index (Phi) is 9.05. The highest BCUT2D eigenvalue weighted by Gasteiger charge is 2.30. The molecule has 0 saturated heterocycles. The first-order valence-electron chi connectivity index (χ1n) is 11.5. The summed E-state index contributed by atoms with van der Waals surface area (Å²) in [7, 11) is 1.49. The van der Waals surface area contributed by atoms with E-state index in [1.807, 2.05) is 30.3 Å². The van der Waals surface area contributed by atoms with Crippen LogP contribution in [0.4, 0.5) is 24.0 Å². The van der Waals surface area contributed by atoms with Crippen molar-refractivity contribution in [3.63, 3.8) is 0 Å². The number of nitrogens with one attached hydrogen (secondary N) is 2. The van der Waals surface area contributed by atoms with E-state index in [2.05, 4.69) is 20.8 Å². The molecule has 0 fully saturated rings. The molecule has 0 saturated carbocycles. The summed E-state index contributed by atoms with van der Waals surface area (Å²) >= 11 is 7.56. The molecule has 0 aliphatic carbocycles. The number of thiazole rings is 1. The van der Waals surface area contributed by atoms with E-state index in [0.717, 1.165) is 17.7 Å². The molecule has 202 valence electrons. The van der Waals surface area contributed by atoms with Gasteiger partial charge in [0.25, 0.3) is 0 Å². The zero-order valence-electron chi connectivity index (χ0n) is 20.5. The summed E-state index contributed by atoms with van der Waals surface area (Å²) in [5.41, 5.74) is 3.87. The lowest BCUT2D eigenvalue weighted by molar-refractivity contribution is -0.137. The van der Waals surface area contributed by atoms with E-state index >= 15 is 0 Å². The van der Waals surface area contributed by atoms with Gasteiger partial charge >= 0.3 is 6.18 Å². The van der Waals surface area contributed by atoms with Crippen LogP contribution in [0.2, 0.25) is 5.02 Å². The van der Waals surface area contributed by atoms with E-state index in [1.54, 1.807) is 17.5 Å². The van der Waals surface area contributed by atoms with E-state index in [1.165, 1.54) is 36.8 Å². The summed E-state index contributed by atoms with van der Waals surface area (Å²) in [4.78, 5) is 16.6. The zero-order chi connectivity index (χ0) is 27.8. The average molecular weight is 575 g/mol. The zero-order valence-corrected chi connectivity index (χ0v) is 22.0. The van der Waals surface area contributed by atoms with Crippen molar-refractivity contribution in [2.75, 3.05) is 12.4 Å². The van der Waals surface area contributed by atoms with Crippen LogP contribution in [0.15, 0.2) is 77.2 Å². The van der Waals surface area contributed by atoms with Gasteiger partial charge in [0, 0.05) is 11.1 Å². The Morgan fingerprint density at radius 3 is 2.67 bits per heavy atom. The first-order valence-corrected chi connectivity index (χ1v) is 12.7. The highest BCUT2D eigenvalue weighted by Crippen LogP contribution is 2.36. The second kappa shape index (κ2) is 12.6. The van der Waals surface area contributed by atoms with Crippen molar-refractivity contribution in [2.45, 2.75) is 19.2 Å². The van der Waals surface area contributed by atoms with Gasteiger partial charge in [-0.3, -0.25) is 4.79 Å². The van der Waals surface area contributed by atoms with E-state index in [9.17, 15) is 18.0 Å². The van der Waals surface area contributed by atoms with Crippen molar-refractivity contribution in [1.29, 1.82) is 0 Å². The molecular weight excluding hydrogens is 553 g/mol. The van der Waals surface area contributed by atoms with Gasteiger partial charge in [0.1, 0.15) is 6.61 Å². The quantitative estimate of drug-likeness (QED) is 0.160. The van der Waals surface area contributed by atoms with Gasteiger partial charge in [-0.1, -0.05) is 48.0 Å². The van der Waals surface area contributed by atoms with Crippen LogP contribution in [0, 0.1) is 0 Å². The number of benzene rings is 3. The number of halogens is 4. The maximum absolute atomic E-state index is 12.9. The molecular formula is C27H22ClF3N4O3S. The van der Waals surface area contributed by atoms with Crippen molar-refractivity contribution in [2.24, 2.45) is 5.10 Å². The van der Waals surface area contributed by atoms with E-state index < -0.39 is 17.6 Å². The van der Waals surface area contributed by atoms with E-state index in [4.69, 9.17) is 21.1 Å². The summed E-state index contributed by atoms with van der Waals surface area (Å²) in [6, 6.07) is 17.7. The van der Waals surface area contributed by atoms with Gasteiger partial charge in [-0.15, -0.1) is 11.3 Å². The Bertz CT molecular complexity index is 1460. The molecule has 4 rings (SSSR count). The van der Waals surface area contributed by atoms with Crippen LogP contribution >= 0.6 is 22.9 Å². The Morgan fingerprint density at radius 2 is 1.92 bits per heavy atom. The molecule has 39 heavy (non-hydrogen) atoms.